The van der Waals surface area contributed by atoms with Crippen LogP contribution in [0.25, 0.3) is 0 Å². The minimum absolute atomic E-state index is 0.163. The maximum atomic E-state index is 13.1. The lowest BCUT2D eigenvalue weighted by atomic mass is 10.1. The largest absolute Gasteiger partial charge is 0.496 e. The number of benzene rings is 2. The highest BCUT2D eigenvalue weighted by Crippen LogP contribution is 2.27. The van der Waals surface area contributed by atoms with E-state index in [2.05, 4.69) is 5.32 Å². The van der Waals surface area contributed by atoms with Crippen LogP contribution >= 0.6 is 0 Å². The number of aryl methyl sites for hydroxylation is 1. The minimum Gasteiger partial charge on any atom is -0.496 e. The summed E-state index contributed by atoms with van der Waals surface area (Å²) in [4.78, 5) is 0.163. The molecule has 8 heteroatoms. The second kappa shape index (κ2) is 8.23. The van der Waals surface area contributed by atoms with Crippen LogP contribution in [0.15, 0.2) is 53.4 Å². The molecule has 1 saturated heterocycles. The molecule has 0 spiro atoms. The monoisotopic (exact) mass is 423 g/mol. The van der Waals surface area contributed by atoms with Crippen molar-refractivity contribution in [2.75, 3.05) is 18.6 Å². The van der Waals surface area contributed by atoms with E-state index in [9.17, 15) is 16.8 Å². The average molecular weight is 424 g/mol. The van der Waals surface area contributed by atoms with Gasteiger partial charge in [-0.3, -0.25) is 0 Å². The van der Waals surface area contributed by atoms with E-state index < -0.39 is 31.0 Å². The average Bonchev–Trinajstić information content (AvgIpc) is 3.02. The molecular weight excluding hydrogens is 398 g/mol. The highest BCUT2D eigenvalue weighted by atomic mass is 32.2. The Morgan fingerprint density at radius 3 is 2.39 bits per heavy atom. The van der Waals surface area contributed by atoms with Gasteiger partial charge < -0.3 is 10.1 Å². The molecule has 1 N–H and O–H groups in total. The van der Waals surface area contributed by atoms with Crippen LogP contribution in [0.4, 0.5) is 0 Å². The van der Waals surface area contributed by atoms with E-state index in [1.807, 2.05) is 31.2 Å². The molecule has 2 aromatic carbocycles. The fraction of sp³-hybridized carbons (Fsp3) is 0.400. The molecule has 1 aliphatic rings. The number of ether oxygens (including phenoxy) is 1. The van der Waals surface area contributed by atoms with Crippen molar-refractivity contribution in [2.45, 2.75) is 36.1 Å². The number of rotatable bonds is 7. The third-order valence-corrected chi connectivity index (χ3v) is 9.27. The van der Waals surface area contributed by atoms with Crippen molar-refractivity contribution >= 4 is 19.7 Å². The molecule has 6 nitrogen and oxygen atoms in total. The quantitative estimate of drug-likeness (QED) is 0.733. The van der Waals surface area contributed by atoms with Crippen molar-refractivity contribution in [1.82, 2.24) is 5.32 Å². The molecule has 0 radical (unpaired) electrons. The van der Waals surface area contributed by atoms with Gasteiger partial charge in [0, 0.05) is 18.2 Å². The Kier molecular flexibility index (Phi) is 6.12. The summed E-state index contributed by atoms with van der Waals surface area (Å²) in [6, 6.07) is 13.4. The Labute approximate surface area is 166 Å². The van der Waals surface area contributed by atoms with Gasteiger partial charge in [-0.15, -0.1) is 0 Å². The summed E-state index contributed by atoms with van der Waals surface area (Å²) < 4.78 is 56.1. The molecule has 152 valence electrons. The Bertz CT molecular complexity index is 1030. The summed E-state index contributed by atoms with van der Waals surface area (Å²) in [5.74, 6) is 0.110. The summed E-state index contributed by atoms with van der Waals surface area (Å²) in [5, 5.41) is 2.12. The third-order valence-electron chi connectivity index (χ3n) is 5.11. The second-order valence-electron chi connectivity index (χ2n) is 6.96. The van der Waals surface area contributed by atoms with Crippen LogP contribution in [0.2, 0.25) is 0 Å². The molecular formula is C20H25NO5S2. The fourth-order valence-electron chi connectivity index (χ4n) is 3.49. The highest BCUT2D eigenvalue weighted by Gasteiger charge is 2.45. The summed E-state index contributed by atoms with van der Waals surface area (Å²) in [5.41, 5.74) is 1.88. The summed E-state index contributed by atoms with van der Waals surface area (Å²) >= 11 is 0. The predicted molar refractivity (Wildman–Crippen MR) is 109 cm³/mol. The van der Waals surface area contributed by atoms with E-state index >= 15 is 0 Å². The van der Waals surface area contributed by atoms with Crippen molar-refractivity contribution in [3.63, 3.8) is 0 Å². The van der Waals surface area contributed by atoms with Crippen LogP contribution in [0, 0.1) is 0 Å². The Balaban J connectivity index is 1.85. The van der Waals surface area contributed by atoms with E-state index in [-0.39, 0.29) is 16.4 Å². The van der Waals surface area contributed by atoms with Crippen LogP contribution in [0.1, 0.15) is 18.1 Å². The lowest BCUT2D eigenvalue weighted by Crippen LogP contribution is -2.43. The summed E-state index contributed by atoms with van der Waals surface area (Å²) in [6.07, 6.45) is 0.807. The molecule has 0 aromatic heterocycles. The van der Waals surface area contributed by atoms with Crippen molar-refractivity contribution in [3.05, 3.63) is 59.7 Å². The SMILES string of the molecule is CCc1ccc(S(=O)(=O)[C@@H]2CS(=O)(=O)C[C@@H]2NCc2ccccc2OC)cc1. The van der Waals surface area contributed by atoms with Gasteiger partial charge in [-0.2, -0.15) is 0 Å². The van der Waals surface area contributed by atoms with Gasteiger partial charge in [0.25, 0.3) is 0 Å². The van der Waals surface area contributed by atoms with Gasteiger partial charge in [-0.1, -0.05) is 37.3 Å². The van der Waals surface area contributed by atoms with Gasteiger partial charge in [-0.25, -0.2) is 16.8 Å². The van der Waals surface area contributed by atoms with E-state index in [4.69, 9.17) is 4.74 Å². The molecule has 0 saturated carbocycles. The van der Waals surface area contributed by atoms with E-state index in [0.717, 1.165) is 17.5 Å². The topological polar surface area (TPSA) is 89.5 Å². The zero-order valence-corrected chi connectivity index (χ0v) is 17.6. The first-order valence-corrected chi connectivity index (χ1v) is 12.5. The maximum Gasteiger partial charge on any atom is 0.183 e. The lowest BCUT2D eigenvalue weighted by Gasteiger charge is -2.21. The maximum absolute atomic E-state index is 13.1. The molecule has 0 amide bonds. The first kappa shape index (κ1) is 20.8. The van der Waals surface area contributed by atoms with Gasteiger partial charge in [0.1, 0.15) is 5.75 Å². The first-order chi connectivity index (χ1) is 13.3. The molecule has 1 heterocycles. The number of methoxy groups -OCH3 is 1. The summed E-state index contributed by atoms with van der Waals surface area (Å²) in [6.45, 7) is 2.32. The highest BCUT2D eigenvalue weighted by molar-refractivity contribution is 7.96. The van der Waals surface area contributed by atoms with Gasteiger partial charge >= 0.3 is 0 Å². The Hall–Kier alpha value is -1.90. The summed E-state index contributed by atoms with van der Waals surface area (Å²) in [7, 11) is -5.66. The second-order valence-corrected chi connectivity index (χ2v) is 11.3. The third kappa shape index (κ3) is 4.39. The van der Waals surface area contributed by atoms with Gasteiger partial charge in [0.05, 0.1) is 28.8 Å². The molecule has 0 unspecified atom stereocenters. The van der Waals surface area contributed by atoms with Crippen LogP contribution in [0.5, 0.6) is 5.75 Å². The number of para-hydroxylation sites is 1. The van der Waals surface area contributed by atoms with Gasteiger partial charge in [0.15, 0.2) is 19.7 Å². The molecule has 2 aromatic rings. The fourth-order valence-corrected chi connectivity index (χ4v) is 8.21. The zero-order chi connectivity index (χ0) is 20.4. The molecule has 28 heavy (non-hydrogen) atoms. The van der Waals surface area contributed by atoms with E-state index in [1.165, 1.54) is 0 Å². The van der Waals surface area contributed by atoms with Crippen molar-refractivity contribution in [1.29, 1.82) is 0 Å². The standard InChI is InChI=1S/C20H25NO5S2/c1-3-15-8-10-17(11-9-15)28(24,25)20-14-27(22,23)13-18(20)21-12-16-6-4-5-7-19(16)26-2/h4-11,18,20-21H,3,12-14H2,1-2H3/t18-,20+/m0/s1. The van der Waals surface area contributed by atoms with Crippen LogP contribution in [-0.4, -0.2) is 46.7 Å². The molecule has 0 bridgehead atoms. The number of nitrogens with one attached hydrogen (secondary N) is 1. The van der Waals surface area contributed by atoms with Gasteiger partial charge in [-0.05, 0) is 30.2 Å². The van der Waals surface area contributed by atoms with E-state index in [0.29, 0.717) is 12.3 Å². The lowest BCUT2D eigenvalue weighted by molar-refractivity contribution is 0.406. The smallest absolute Gasteiger partial charge is 0.183 e. The number of sulfone groups is 2. The van der Waals surface area contributed by atoms with Crippen LogP contribution in [0.3, 0.4) is 0 Å². The van der Waals surface area contributed by atoms with Crippen molar-refractivity contribution < 1.29 is 21.6 Å². The number of hydrogen-bond donors (Lipinski definition) is 1. The molecule has 0 aliphatic carbocycles. The first-order valence-electron chi connectivity index (χ1n) is 9.15. The molecule has 3 rings (SSSR count). The zero-order valence-electron chi connectivity index (χ0n) is 16.0. The van der Waals surface area contributed by atoms with Crippen LogP contribution in [-0.2, 0) is 32.6 Å². The van der Waals surface area contributed by atoms with Gasteiger partial charge in [0.2, 0.25) is 0 Å². The molecule has 1 aliphatic heterocycles. The van der Waals surface area contributed by atoms with E-state index in [1.54, 1.807) is 31.4 Å². The Morgan fingerprint density at radius 1 is 1.07 bits per heavy atom. The predicted octanol–water partition coefficient (Wildman–Crippen LogP) is 1.99. The minimum atomic E-state index is -3.78. The van der Waals surface area contributed by atoms with Crippen LogP contribution < -0.4 is 10.1 Å². The van der Waals surface area contributed by atoms with Crippen molar-refractivity contribution in [2.24, 2.45) is 0 Å². The molecule has 2 atom stereocenters. The molecule has 1 fully saturated rings. The normalized spacial score (nSPS) is 21.5. The Morgan fingerprint density at radius 2 is 1.75 bits per heavy atom. The number of hydrogen-bond acceptors (Lipinski definition) is 6. The van der Waals surface area contributed by atoms with Crippen molar-refractivity contribution in [3.8, 4) is 5.75 Å².